The number of hydrogen-bond acceptors (Lipinski definition) is 2. The Morgan fingerprint density at radius 1 is 1.07 bits per heavy atom. The fourth-order valence-electron chi connectivity index (χ4n) is 1.20. The summed E-state index contributed by atoms with van der Waals surface area (Å²) in [6.07, 6.45) is 1.61. The summed E-state index contributed by atoms with van der Waals surface area (Å²) in [5, 5.41) is 0. The molecule has 0 atom stereocenters. The number of nitrogens with zero attached hydrogens (tertiary/aromatic N) is 2. The van der Waals surface area contributed by atoms with Crippen LogP contribution in [-0.2, 0) is 4.79 Å². The summed E-state index contributed by atoms with van der Waals surface area (Å²) in [6, 6.07) is 0.864. The summed E-state index contributed by atoms with van der Waals surface area (Å²) in [5.41, 5.74) is 0. The van der Waals surface area contributed by atoms with E-state index in [1.807, 2.05) is 25.8 Å². The Morgan fingerprint density at radius 2 is 1.60 bits per heavy atom. The van der Waals surface area contributed by atoms with E-state index in [0.29, 0.717) is 18.5 Å². The smallest absolute Gasteiger partial charge is 0.222 e. The van der Waals surface area contributed by atoms with Gasteiger partial charge in [-0.2, -0.15) is 0 Å². The van der Waals surface area contributed by atoms with Gasteiger partial charge in [-0.3, -0.25) is 4.79 Å². The van der Waals surface area contributed by atoms with Crippen molar-refractivity contribution in [2.45, 2.75) is 52.6 Å². The van der Waals surface area contributed by atoms with Crippen molar-refractivity contribution in [2.24, 2.45) is 0 Å². The summed E-state index contributed by atoms with van der Waals surface area (Å²) < 4.78 is 0. The van der Waals surface area contributed by atoms with Crippen LogP contribution in [0, 0.1) is 0 Å². The summed E-state index contributed by atoms with van der Waals surface area (Å²) >= 11 is 0. The van der Waals surface area contributed by atoms with Gasteiger partial charge in [0.2, 0.25) is 5.91 Å². The van der Waals surface area contributed by atoms with Crippen LogP contribution in [0.4, 0.5) is 0 Å². The van der Waals surface area contributed by atoms with Crippen LogP contribution in [0.3, 0.4) is 0 Å². The van der Waals surface area contributed by atoms with Crippen LogP contribution in [0.2, 0.25) is 0 Å². The zero-order valence-corrected chi connectivity index (χ0v) is 11.1. The van der Waals surface area contributed by atoms with Gasteiger partial charge in [-0.25, -0.2) is 0 Å². The molecule has 0 saturated heterocycles. The SMILES string of the molecule is CC(C)N(C)CCCC(=O)N(C)C(C)C. The number of hydrogen-bond donors (Lipinski definition) is 0. The number of carbonyl (C=O) groups is 1. The third-order valence-electron chi connectivity index (χ3n) is 2.95. The van der Waals surface area contributed by atoms with Crippen LogP contribution in [0.5, 0.6) is 0 Å². The van der Waals surface area contributed by atoms with Gasteiger partial charge in [0, 0.05) is 25.6 Å². The van der Waals surface area contributed by atoms with E-state index in [-0.39, 0.29) is 5.91 Å². The van der Waals surface area contributed by atoms with E-state index in [9.17, 15) is 4.79 Å². The standard InChI is InChI=1S/C12H26N2O/c1-10(2)13(5)9-7-8-12(15)14(6)11(3)4/h10-11H,7-9H2,1-6H3. The lowest BCUT2D eigenvalue weighted by atomic mass is 10.2. The van der Waals surface area contributed by atoms with E-state index in [0.717, 1.165) is 13.0 Å². The molecule has 0 bridgehead atoms. The van der Waals surface area contributed by atoms with Crippen molar-refractivity contribution in [1.29, 1.82) is 0 Å². The fraction of sp³-hybridized carbons (Fsp3) is 0.917. The second kappa shape index (κ2) is 6.83. The zero-order chi connectivity index (χ0) is 12.0. The highest BCUT2D eigenvalue weighted by molar-refractivity contribution is 5.76. The summed E-state index contributed by atoms with van der Waals surface area (Å²) in [6.45, 7) is 9.41. The third kappa shape index (κ3) is 5.78. The van der Waals surface area contributed by atoms with Crippen LogP contribution in [-0.4, -0.2) is 48.4 Å². The van der Waals surface area contributed by atoms with E-state index in [4.69, 9.17) is 0 Å². The van der Waals surface area contributed by atoms with Crippen LogP contribution in [0.1, 0.15) is 40.5 Å². The monoisotopic (exact) mass is 214 g/mol. The van der Waals surface area contributed by atoms with Gasteiger partial charge < -0.3 is 9.80 Å². The molecule has 0 aliphatic rings. The molecule has 0 aliphatic carbocycles. The highest BCUT2D eigenvalue weighted by Gasteiger charge is 2.11. The van der Waals surface area contributed by atoms with E-state index < -0.39 is 0 Å². The second-order valence-electron chi connectivity index (χ2n) is 4.78. The predicted octanol–water partition coefficient (Wildman–Crippen LogP) is 1.97. The van der Waals surface area contributed by atoms with Crippen LogP contribution in [0.15, 0.2) is 0 Å². The molecular formula is C12H26N2O. The molecule has 0 fully saturated rings. The molecule has 0 spiro atoms. The number of rotatable bonds is 6. The van der Waals surface area contributed by atoms with Gasteiger partial charge in [-0.1, -0.05) is 0 Å². The van der Waals surface area contributed by atoms with Gasteiger partial charge in [0.25, 0.3) is 0 Å². The number of carbonyl (C=O) groups excluding carboxylic acids is 1. The zero-order valence-electron chi connectivity index (χ0n) is 11.1. The summed E-state index contributed by atoms with van der Waals surface area (Å²) in [5.74, 6) is 0.252. The van der Waals surface area contributed by atoms with Gasteiger partial charge in [-0.15, -0.1) is 0 Å². The maximum Gasteiger partial charge on any atom is 0.222 e. The van der Waals surface area contributed by atoms with Gasteiger partial charge in [0.15, 0.2) is 0 Å². The molecule has 0 aromatic rings. The second-order valence-corrected chi connectivity index (χ2v) is 4.78. The normalized spacial score (nSPS) is 11.5. The maximum absolute atomic E-state index is 11.6. The minimum absolute atomic E-state index is 0.252. The molecule has 0 rings (SSSR count). The average molecular weight is 214 g/mol. The molecule has 0 aliphatic heterocycles. The van der Waals surface area contributed by atoms with Gasteiger partial charge in [-0.05, 0) is 47.7 Å². The van der Waals surface area contributed by atoms with Gasteiger partial charge >= 0.3 is 0 Å². The first-order valence-corrected chi connectivity index (χ1v) is 5.82. The lowest BCUT2D eigenvalue weighted by Gasteiger charge is -2.23. The van der Waals surface area contributed by atoms with E-state index in [1.54, 1.807) is 0 Å². The lowest BCUT2D eigenvalue weighted by molar-refractivity contribution is -0.131. The maximum atomic E-state index is 11.6. The lowest BCUT2D eigenvalue weighted by Crippen LogP contribution is -2.34. The first-order valence-electron chi connectivity index (χ1n) is 5.82. The van der Waals surface area contributed by atoms with Crippen molar-refractivity contribution < 1.29 is 4.79 Å². The Labute approximate surface area is 94.4 Å². The van der Waals surface area contributed by atoms with Gasteiger partial charge in [0.1, 0.15) is 0 Å². The molecule has 3 heteroatoms. The predicted molar refractivity (Wildman–Crippen MR) is 64.9 cm³/mol. The Kier molecular flexibility index (Phi) is 6.57. The molecule has 0 aromatic heterocycles. The molecule has 0 heterocycles. The molecule has 1 amide bonds. The van der Waals surface area contributed by atoms with Crippen molar-refractivity contribution >= 4 is 5.91 Å². The first kappa shape index (κ1) is 14.4. The Morgan fingerprint density at radius 3 is 2.00 bits per heavy atom. The highest BCUT2D eigenvalue weighted by Crippen LogP contribution is 2.03. The molecule has 0 radical (unpaired) electrons. The Hall–Kier alpha value is -0.570. The van der Waals surface area contributed by atoms with Crippen LogP contribution in [0.25, 0.3) is 0 Å². The van der Waals surface area contributed by atoms with Crippen molar-refractivity contribution in [3.8, 4) is 0 Å². The minimum atomic E-state index is 0.252. The van der Waals surface area contributed by atoms with Crippen molar-refractivity contribution in [1.82, 2.24) is 9.80 Å². The highest BCUT2D eigenvalue weighted by atomic mass is 16.2. The van der Waals surface area contributed by atoms with Crippen molar-refractivity contribution in [3.05, 3.63) is 0 Å². The van der Waals surface area contributed by atoms with Crippen LogP contribution >= 0.6 is 0 Å². The summed E-state index contributed by atoms with van der Waals surface area (Å²) in [7, 11) is 3.97. The molecule has 3 nitrogen and oxygen atoms in total. The molecule has 0 unspecified atom stereocenters. The fourth-order valence-corrected chi connectivity index (χ4v) is 1.20. The van der Waals surface area contributed by atoms with Crippen LogP contribution < -0.4 is 0 Å². The molecule has 90 valence electrons. The van der Waals surface area contributed by atoms with Gasteiger partial charge in [0.05, 0.1) is 0 Å². The van der Waals surface area contributed by atoms with Crippen molar-refractivity contribution in [3.63, 3.8) is 0 Å². The Bertz CT molecular complexity index is 190. The topological polar surface area (TPSA) is 23.6 Å². The van der Waals surface area contributed by atoms with Crippen molar-refractivity contribution in [2.75, 3.05) is 20.6 Å². The minimum Gasteiger partial charge on any atom is -0.343 e. The summed E-state index contributed by atoms with van der Waals surface area (Å²) in [4.78, 5) is 15.7. The van der Waals surface area contributed by atoms with E-state index in [1.165, 1.54) is 0 Å². The molecule has 15 heavy (non-hydrogen) atoms. The molecule has 0 N–H and O–H groups in total. The van der Waals surface area contributed by atoms with E-state index in [2.05, 4.69) is 25.8 Å². The average Bonchev–Trinajstić information content (AvgIpc) is 2.15. The van der Waals surface area contributed by atoms with E-state index >= 15 is 0 Å². The molecular weight excluding hydrogens is 188 g/mol. The molecule has 0 saturated carbocycles. The Balaban J connectivity index is 3.73. The third-order valence-corrected chi connectivity index (χ3v) is 2.95. The number of amides is 1. The first-order chi connectivity index (χ1) is 6.86. The largest absolute Gasteiger partial charge is 0.343 e. The molecule has 0 aromatic carbocycles. The quantitative estimate of drug-likeness (QED) is 0.675.